The minimum atomic E-state index is -0.118. The molecule has 2 aromatic carbocycles. The van der Waals surface area contributed by atoms with Crippen molar-refractivity contribution in [2.45, 2.75) is 30.7 Å². The van der Waals surface area contributed by atoms with Crippen LogP contribution in [0.5, 0.6) is 5.75 Å². The maximum Gasteiger partial charge on any atom is 0.315 e. The summed E-state index contributed by atoms with van der Waals surface area (Å²) in [7, 11) is 1.65. The van der Waals surface area contributed by atoms with Crippen LogP contribution in [-0.4, -0.2) is 25.4 Å². The molecular weight excluding hydrogens is 332 g/mol. The van der Waals surface area contributed by atoms with Crippen LogP contribution in [0.2, 0.25) is 0 Å². The fourth-order valence-corrected chi connectivity index (χ4v) is 3.32. The molecule has 0 aliphatic carbocycles. The zero-order valence-corrected chi connectivity index (χ0v) is 15.6. The quantitative estimate of drug-likeness (QED) is 0.508. The molecule has 0 saturated carbocycles. The van der Waals surface area contributed by atoms with Crippen molar-refractivity contribution in [3.63, 3.8) is 0 Å². The summed E-state index contributed by atoms with van der Waals surface area (Å²) in [5.74, 6) is 1.80. The van der Waals surface area contributed by atoms with Crippen LogP contribution in [0.15, 0.2) is 59.5 Å². The molecule has 0 bridgehead atoms. The van der Waals surface area contributed by atoms with Crippen LogP contribution in [0.1, 0.15) is 31.4 Å². The Bertz CT molecular complexity index is 632. The summed E-state index contributed by atoms with van der Waals surface area (Å²) in [5.41, 5.74) is 1.08. The summed E-state index contributed by atoms with van der Waals surface area (Å²) in [6.45, 7) is 2.73. The molecule has 1 unspecified atom stereocenters. The molecule has 0 heterocycles. The smallest absolute Gasteiger partial charge is 0.315 e. The molecule has 0 saturated heterocycles. The van der Waals surface area contributed by atoms with Crippen molar-refractivity contribution >= 4 is 17.8 Å². The van der Waals surface area contributed by atoms with E-state index in [1.165, 1.54) is 4.90 Å². The number of hydrogen-bond donors (Lipinski definition) is 2. The van der Waals surface area contributed by atoms with Crippen LogP contribution in [0.4, 0.5) is 4.79 Å². The van der Waals surface area contributed by atoms with Gasteiger partial charge in [0.25, 0.3) is 0 Å². The Morgan fingerprint density at radius 3 is 2.48 bits per heavy atom. The normalized spacial score (nSPS) is 11.6. The first kappa shape index (κ1) is 19.2. The van der Waals surface area contributed by atoms with Crippen LogP contribution in [0, 0.1) is 0 Å². The Kier molecular flexibility index (Phi) is 8.19. The van der Waals surface area contributed by atoms with Crippen LogP contribution >= 0.6 is 11.8 Å². The molecule has 0 aliphatic heterocycles. The fraction of sp³-hybridized carbons (Fsp3) is 0.350. The van der Waals surface area contributed by atoms with Crippen molar-refractivity contribution in [2.75, 3.05) is 19.4 Å². The van der Waals surface area contributed by atoms with E-state index in [9.17, 15) is 4.79 Å². The molecule has 0 radical (unpaired) electrons. The Hall–Kier alpha value is -2.14. The molecule has 0 aromatic heterocycles. The molecule has 2 amide bonds. The highest BCUT2D eigenvalue weighted by Crippen LogP contribution is 2.20. The maximum atomic E-state index is 12.1. The van der Waals surface area contributed by atoms with Crippen molar-refractivity contribution in [1.82, 2.24) is 10.6 Å². The highest BCUT2D eigenvalue weighted by atomic mass is 32.2. The summed E-state index contributed by atoms with van der Waals surface area (Å²) in [5, 5.41) is 5.97. The predicted octanol–water partition coefficient (Wildman–Crippen LogP) is 4.63. The van der Waals surface area contributed by atoms with E-state index >= 15 is 0 Å². The molecule has 0 spiro atoms. The van der Waals surface area contributed by atoms with Crippen LogP contribution in [-0.2, 0) is 0 Å². The first-order valence-corrected chi connectivity index (χ1v) is 9.57. The maximum absolute atomic E-state index is 12.1. The number of rotatable bonds is 9. The number of amides is 2. The predicted molar refractivity (Wildman–Crippen MR) is 104 cm³/mol. The van der Waals surface area contributed by atoms with E-state index < -0.39 is 0 Å². The van der Waals surface area contributed by atoms with Crippen molar-refractivity contribution in [3.8, 4) is 5.75 Å². The van der Waals surface area contributed by atoms with E-state index in [0.717, 1.165) is 29.9 Å². The molecular formula is C20H26N2O2S. The van der Waals surface area contributed by atoms with Crippen LogP contribution in [0.3, 0.4) is 0 Å². The number of urea groups is 1. The number of benzene rings is 2. The van der Waals surface area contributed by atoms with Gasteiger partial charge in [-0.3, -0.25) is 0 Å². The highest BCUT2D eigenvalue weighted by molar-refractivity contribution is 7.99. The Labute approximate surface area is 154 Å². The van der Waals surface area contributed by atoms with E-state index in [1.54, 1.807) is 7.11 Å². The number of nitrogens with one attached hydrogen (secondary N) is 2. The van der Waals surface area contributed by atoms with Crippen molar-refractivity contribution in [3.05, 3.63) is 60.2 Å². The lowest BCUT2D eigenvalue weighted by molar-refractivity contribution is 0.236. The summed E-state index contributed by atoms with van der Waals surface area (Å²) < 4.78 is 5.17. The van der Waals surface area contributed by atoms with E-state index in [1.807, 2.05) is 54.2 Å². The zero-order valence-electron chi connectivity index (χ0n) is 14.8. The molecule has 5 heteroatoms. The molecule has 2 N–H and O–H groups in total. The summed E-state index contributed by atoms with van der Waals surface area (Å²) in [6, 6.07) is 18.0. The van der Waals surface area contributed by atoms with Crippen molar-refractivity contribution in [1.29, 1.82) is 0 Å². The van der Waals surface area contributed by atoms with E-state index in [4.69, 9.17) is 4.74 Å². The van der Waals surface area contributed by atoms with Crippen molar-refractivity contribution < 1.29 is 9.53 Å². The van der Waals surface area contributed by atoms with Crippen LogP contribution in [0.25, 0.3) is 0 Å². The Morgan fingerprint density at radius 2 is 1.84 bits per heavy atom. The summed E-state index contributed by atoms with van der Waals surface area (Å²) in [6.07, 6.45) is 1.77. The number of thioether (sulfide) groups is 1. The van der Waals surface area contributed by atoms with Gasteiger partial charge in [0.1, 0.15) is 5.75 Å². The first-order valence-electron chi connectivity index (χ1n) is 8.59. The molecule has 25 heavy (non-hydrogen) atoms. The Morgan fingerprint density at radius 1 is 1.12 bits per heavy atom. The van der Waals surface area contributed by atoms with Crippen LogP contribution < -0.4 is 15.4 Å². The third-order valence-electron chi connectivity index (χ3n) is 3.85. The van der Waals surface area contributed by atoms with Gasteiger partial charge >= 0.3 is 6.03 Å². The van der Waals surface area contributed by atoms with E-state index in [-0.39, 0.29) is 12.1 Å². The molecule has 0 fully saturated rings. The van der Waals surface area contributed by atoms with Gasteiger partial charge in [0, 0.05) is 11.4 Å². The lowest BCUT2D eigenvalue weighted by atomic mass is 10.0. The molecule has 2 aromatic rings. The number of carbonyl (C=O) groups is 1. The number of methoxy groups -OCH3 is 1. The average Bonchev–Trinajstić information content (AvgIpc) is 2.67. The van der Waals surface area contributed by atoms with Gasteiger partial charge in [0.05, 0.1) is 13.2 Å². The molecule has 134 valence electrons. The summed E-state index contributed by atoms with van der Waals surface area (Å²) >= 11 is 1.81. The number of ether oxygens (including phenoxy) is 1. The third-order valence-corrected chi connectivity index (χ3v) is 4.95. The minimum absolute atomic E-state index is 0.00426. The molecule has 0 aliphatic rings. The van der Waals surface area contributed by atoms with Gasteiger partial charge in [-0.15, -0.1) is 11.8 Å². The minimum Gasteiger partial charge on any atom is -0.497 e. The number of hydrogen-bond acceptors (Lipinski definition) is 3. The molecule has 2 rings (SSSR count). The van der Waals surface area contributed by atoms with Gasteiger partial charge in [0.15, 0.2) is 0 Å². The lowest BCUT2D eigenvalue weighted by Gasteiger charge is -2.18. The van der Waals surface area contributed by atoms with E-state index in [0.29, 0.717) is 6.54 Å². The van der Waals surface area contributed by atoms with Crippen molar-refractivity contribution in [2.24, 2.45) is 0 Å². The zero-order chi connectivity index (χ0) is 17.9. The monoisotopic (exact) mass is 358 g/mol. The van der Waals surface area contributed by atoms with Gasteiger partial charge in [-0.1, -0.05) is 37.3 Å². The second-order valence-corrected chi connectivity index (χ2v) is 6.82. The number of carbonyl (C=O) groups excluding carboxylic acids is 1. The standard InChI is InChI=1S/C20H26N2O2S/c1-3-19(16-10-12-17(24-2)13-11-16)22-20(23)21-14-7-15-25-18-8-5-4-6-9-18/h4-6,8-13,19H,3,7,14-15H2,1-2H3,(H2,21,22,23). The second kappa shape index (κ2) is 10.7. The van der Waals surface area contributed by atoms with Gasteiger partial charge < -0.3 is 15.4 Å². The Balaban J connectivity index is 1.69. The average molecular weight is 359 g/mol. The van der Waals surface area contributed by atoms with Gasteiger partial charge in [-0.2, -0.15) is 0 Å². The van der Waals surface area contributed by atoms with Gasteiger partial charge in [-0.05, 0) is 48.4 Å². The first-order chi connectivity index (χ1) is 12.2. The third kappa shape index (κ3) is 6.70. The van der Waals surface area contributed by atoms with Gasteiger partial charge in [0.2, 0.25) is 0 Å². The largest absolute Gasteiger partial charge is 0.497 e. The lowest BCUT2D eigenvalue weighted by Crippen LogP contribution is -2.38. The summed E-state index contributed by atoms with van der Waals surface area (Å²) in [4.78, 5) is 13.3. The SMILES string of the molecule is CCC(NC(=O)NCCCSc1ccccc1)c1ccc(OC)cc1. The topological polar surface area (TPSA) is 50.4 Å². The van der Waals surface area contributed by atoms with Gasteiger partial charge in [-0.25, -0.2) is 4.79 Å². The molecule has 1 atom stereocenters. The highest BCUT2D eigenvalue weighted by Gasteiger charge is 2.12. The van der Waals surface area contributed by atoms with E-state index in [2.05, 4.69) is 29.7 Å². The molecule has 4 nitrogen and oxygen atoms in total. The second-order valence-electron chi connectivity index (χ2n) is 5.65. The fourth-order valence-electron chi connectivity index (χ4n) is 2.45.